The van der Waals surface area contributed by atoms with Crippen molar-refractivity contribution in [2.24, 2.45) is 0 Å². The van der Waals surface area contributed by atoms with Crippen LogP contribution >= 0.6 is 11.6 Å². The number of aromatic nitrogens is 2. The van der Waals surface area contributed by atoms with E-state index in [2.05, 4.69) is 38.1 Å². The first-order chi connectivity index (χ1) is 8.61. The van der Waals surface area contributed by atoms with Gasteiger partial charge in [-0.2, -0.15) is 5.10 Å². The number of ether oxygens (including phenoxy) is 1. The number of hydrogen-bond donors (Lipinski definition) is 1. The third-order valence-corrected chi connectivity index (χ3v) is 2.98. The van der Waals surface area contributed by atoms with Crippen LogP contribution in [0.5, 0.6) is 0 Å². The SMILES string of the molecule is CCCOCC(NCC)c1c(Cl)cnn1C(C)C. The molecule has 0 aliphatic rings. The van der Waals surface area contributed by atoms with E-state index in [1.165, 1.54) is 0 Å². The van der Waals surface area contributed by atoms with Gasteiger partial charge in [-0.05, 0) is 26.8 Å². The lowest BCUT2D eigenvalue weighted by atomic mass is 10.2. The molecule has 0 radical (unpaired) electrons. The Morgan fingerprint density at radius 2 is 2.17 bits per heavy atom. The van der Waals surface area contributed by atoms with Gasteiger partial charge in [0.1, 0.15) is 0 Å². The van der Waals surface area contributed by atoms with Crippen LogP contribution in [0.15, 0.2) is 6.20 Å². The highest BCUT2D eigenvalue weighted by molar-refractivity contribution is 6.31. The fourth-order valence-electron chi connectivity index (χ4n) is 1.91. The van der Waals surface area contributed by atoms with E-state index in [1.807, 2.05) is 4.68 Å². The Hall–Kier alpha value is -0.580. The lowest BCUT2D eigenvalue weighted by Crippen LogP contribution is -2.28. The van der Waals surface area contributed by atoms with E-state index in [-0.39, 0.29) is 6.04 Å². The zero-order chi connectivity index (χ0) is 13.5. The standard InChI is InChI=1S/C13H24ClN3O/c1-5-7-18-9-12(15-6-2)13-11(14)8-16-17(13)10(3)4/h8,10,12,15H,5-7,9H2,1-4H3. The van der Waals surface area contributed by atoms with Gasteiger partial charge in [-0.25, -0.2) is 0 Å². The summed E-state index contributed by atoms with van der Waals surface area (Å²) < 4.78 is 7.61. The van der Waals surface area contributed by atoms with Crippen molar-refractivity contribution in [3.05, 3.63) is 16.9 Å². The Bertz CT molecular complexity index is 352. The van der Waals surface area contributed by atoms with E-state index in [9.17, 15) is 0 Å². The van der Waals surface area contributed by atoms with Crippen molar-refractivity contribution in [1.82, 2.24) is 15.1 Å². The predicted octanol–water partition coefficient (Wildman–Crippen LogP) is 3.19. The third kappa shape index (κ3) is 3.97. The first-order valence-electron chi connectivity index (χ1n) is 6.65. The molecule has 1 aromatic rings. The first kappa shape index (κ1) is 15.5. The van der Waals surface area contributed by atoms with E-state index in [0.29, 0.717) is 17.7 Å². The molecule has 0 saturated heterocycles. The summed E-state index contributed by atoms with van der Waals surface area (Å²) in [5.41, 5.74) is 1.02. The van der Waals surface area contributed by atoms with Gasteiger partial charge in [0.25, 0.3) is 0 Å². The topological polar surface area (TPSA) is 39.1 Å². The van der Waals surface area contributed by atoms with Crippen LogP contribution in [0.4, 0.5) is 0 Å². The van der Waals surface area contributed by atoms with Crippen LogP contribution in [-0.4, -0.2) is 29.5 Å². The highest BCUT2D eigenvalue weighted by Gasteiger charge is 2.21. The van der Waals surface area contributed by atoms with Gasteiger partial charge in [-0.3, -0.25) is 4.68 Å². The van der Waals surface area contributed by atoms with E-state index in [4.69, 9.17) is 16.3 Å². The molecule has 0 amide bonds. The maximum Gasteiger partial charge on any atom is 0.0835 e. The highest BCUT2D eigenvalue weighted by Crippen LogP contribution is 2.25. The van der Waals surface area contributed by atoms with Gasteiger partial charge in [0, 0.05) is 12.6 Å². The molecule has 0 aliphatic heterocycles. The smallest absolute Gasteiger partial charge is 0.0835 e. The van der Waals surface area contributed by atoms with E-state index in [0.717, 1.165) is 25.3 Å². The lowest BCUT2D eigenvalue weighted by molar-refractivity contribution is 0.109. The molecule has 1 unspecified atom stereocenters. The second kappa shape index (κ2) is 7.77. The lowest BCUT2D eigenvalue weighted by Gasteiger charge is -2.21. The van der Waals surface area contributed by atoms with Gasteiger partial charge in [-0.1, -0.05) is 25.4 Å². The normalized spacial score (nSPS) is 13.2. The van der Waals surface area contributed by atoms with Crippen LogP contribution in [0.25, 0.3) is 0 Å². The largest absolute Gasteiger partial charge is 0.379 e. The Morgan fingerprint density at radius 1 is 1.44 bits per heavy atom. The molecule has 0 saturated carbocycles. The fourth-order valence-corrected chi connectivity index (χ4v) is 2.18. The summed E-state index contributed by atoms with van der Waals surface area (Å²) >= 11 is 6.25. The quantitative estimate of drug-likeness (QED) is 0.740. The molecule has 0 bridgehead atoms. The minimum Gasteiger partial charge on any atom is -0.379 e. The summed E-state index contributed by atoms with van der Waals surface area (Å²) in [5, 5.41) is 8.45. The molecule has 0 aliphatic carbocycles. The molecule has 1 aromatic heterocycles. The van der Waals surface area contributed by atoms with Crippen molar-refractivity contribution in [1.29, 1.82) is 0 Å². The summed E-state index contributed by atoms with van der Waals surface area (Å²) in [5.74, 6) is 0. The van der Waals surface area contributed by atoms with Crippen molar-refractivity contribution < 1.29 is 4.74 Å². The van der Waals surface area contributed by atoms with Crippen LogP contribution in [0.3, 0.4) is 0 Å². The summed E-state index contributed by atoms with van der Waals surface area (Å²) in [6, 6.07) is 0.388. The number of nitrogens with zero attached hydrogens (tertiary/aromatic N) is 2. The molecule has 104 valence electrons. The number of hydrogen-bond acceptors (Lipinski definition) is 3. The molecule has 5 heteroatoms. The van der Waals surface area contributed by atoms with E-state index < -0.39 is 0 Å². The van der Waals surface area contributed by atoms with Gasteiger partial charge in [0.2, 0.25) is 0 Å². The number of likely N-dealkylation sites (N-methyl/N-ethyl adjacent to an activating group) is 1. The number of halogens is 1. The Kier molecular flexibility index (Phi) is 6.68. The summed E-state index contributed by atoms with van der Waals surface area (Å²) in [7, 11) is 0. The molecule has 1 heterocycles. The molecule has 0 spiro atoms. The molecular weight excluding hydrogens is 250 g/mol. The zero-order valence-electron chi connectivity index (χ0n) is 11.7. The summed E-state index contributed by atoms with van der Waals surface area (Å²) in [6.07, 6.45) is 2.73. The Morgan fingerprint density at radius 3 is 2.72 bits per heavy atom. The van der Waals surface area contributed by atoms with Gasteiger partial charge >= 0.3 is 0 Å². The number of rotatable bonds is 8. The highest BCUT2D eigenvalue weighted by atomic mass is 35.5. The zero-order valence-corrected chi connectivity index (χ0v) is 12.5. The van der Waals surface area contributed by atoms with Crippen LogP contribution in [0, 0.1) is 0 Å². The fraction of sp³-hybridized carbons (Fsp3) is 0.769. The van der Waals surface area contributed by atoms with Crippen LogP contribution in [-0.2, 0) is 4.74 Å². The van der Waals surface area contributed by atoms with E-state index in [1.54, 1.807) is 6.20 Å². The molecule has 18 heavy (non-hydrogen) atoms. The predicted molar refractivity (Wildman–Crippen MR) is 75.1 cm³/mol. The minimum atomic E-state index is 0.0962. The first-order valence-corrected chi connectivity index (χ1v) is 7.03. The monoisotopic (exact) mass is 273 g/mol. The maximum absolute atomic E-state index is 6.25. The van der Waals surface area contributed by atoms with Crippen molar-refractivity contribution >= 4 is 11.6 Å². The molecule has 1 atom stereocenters. The average molecular weight is 274 g/mol. The molecule has 0 fully saturated rings. The van der Waals surface area contributed by atoms with Crippen molar-refractivity contribution in [3.8, 4) is 0 Å². The Labute approximate surface area is 115 Å². The third-order valence-electron chi connectivity index (χ3n) is 2.69. The van der Waals surface area contributed by atoms with Crippen LogP contribution in [0.1, 0.15) is 51.9 Å². The molecule has 1 N–H and O–H groups in total. The number of nitrogens with one attached hydrogen (secondary N) is 1. The molecular formula is C13H24ClN3O. The summed E-state index contributed by atoms with van der Waals surface area (Å²) in [6.45, 7) is 10.7. The molecule has 1 rings (SSSR count). The molecule has 4 nitrogen and oxygen atoms in total. The second-order valence-corrected chi connectivity index (χ2v) is 5.01. The van der Waals surface area contributed by atoms with Crippen molar-refractivity contribution in [2.75, 3.05) is 19.8 Å². The second-order valence-electron chi connectivity index (χ2n) is 4.60. The molecule has 0 aromatic carbocycles. The van der Waals surface area contributed by atoms with Gasteiger partial charge in [0.05, 0.1) is 29.6 Å². The average Bonchev–Trinajstić information content (AvgIpc) is 2.70. The maximum atomic E-state index is 6.25. The van der Waals surface area contributed by atoms with Crippen LogP contribution in [0.2, 0.25) is 5.02 Å². The summed E-state index contributed by atoms with van der Waals surface area (Å²) in [4.78, 5) is 0. The van der Waals surface area contributed by atoms with E-state index >= 15 is 0 Å². The van der Waals surface area contributed by atoms with Gasteiger partial charge in [0.15, 0.2) is 0 Å². The van der Waals surface area contributed by atoms with Crippen molar-refractivity contribution in [3.63, 3.8) is 0 Å². The van der Waals surface area contributed by atoms with Crippen molar-refractivity contribution in [2.45, 2.75) is 46.2 Å². The van der Waals surface area contributed by atoms with Gasteiger partial charge < -0.3 is 10.1 Å². The van der Waals surface area contributed by atoms with Crippen LogP contribution < -0.4 is 5.32 Å². The minimum absolute atomic E-state index is 0.0962. The van der Waals surface area contributed by atoms with Gasteiger partial charge in [-0.15, -0.1) is 0 Å². The Balaban J connectivity index is 2.86.